The Hall–Kier alpha value is -3.26. The van der Waals surface area contributed by atoms with Gasteiger partial charge in [-0.25, -0.2) is 14.8 Å². The molecule has 3 heterocycles. The van der Waals surface area contributed by atoms with E-state index in [1.165, 1.54) is 6.20 Å². The zero-order chi connectivity index (χ0) is 18.5. The average Bonchev–Trinajstić information content (AvgIpc) is 2.57. The Morgan fingerprint density at radius 3 is 2.69 bits per heavy atom. The maximum Gasteiger partial charge on any atom is 0.418 e. The number of halogens is 1. The van der Waals surface area contributed by atoms with E-state index in [0.29, 0.717) is 22.1 Å². The lowest BCUT2D eigenvalue weighted by Gasteiger charge is -2.11. The standard InChI is InChI=1S/C17H15ClN6O2/c1-10-5-13(3-4-20-10)24-17(25)26-16-15(21-7-11(2)22-16)23-14-6-12(18)8-19-9-14/h3-9H,1-2H3,(H,21,23)(H,20,24,25). The van der Waals surface area contributed by atoms with E-state index in [1.807, 2.05) is 6.92 Å². The summed E-state index contributed by atoms with van der Waals surface area (Å²) >= 11 is 5.92. The fraction of sp³-hybridized carbons (Fsp3) is 0.118. The second-order valence-corrected chi connectivity index (χ2v) is 5.82. The van der Waals surface area contributed by atoms with E-state index in [0.717, 1.165) is 5.69 Å². The van der Waals surface area contributed by atoms with E-state index in [9.17, 15) is 4.79 Å². The van der Waals surface area contributed by atoms with Gasteiger partial charge in [0, 0.05) is 23.8 Å². The van der Waals surface area contributed by atoms with Gasteiger partial charge in [0.2, 0.25) is 0 Å². The molecule has 0 aromatic carbocycles. The minimum Gasteiger partial charge on any atom is -0.387 e. The Kier molecular flexibility index (Phi) is 5.23. The highest BCUT2D eigenvalue weighted by atomic mass is 35.5. The third-order valence-electron chi connectivity index (χ3n) is 3.16. The number of rotatable bonds is 4. The highest BCUT2D eigenvalue weighted by Gasteiger charge is 2.14. The molecule has 0 aliphatic rings. The maximum absolute atomic E-state index is 12.2. The molecule has 1 amide bonds. The number of anilines is 3. The van der Waals surface area contributed by atoms with Gasteiger partial charge in [0.15, 0.2) is 5.82 Å². The lowest BCUT2D eigenvalue weighted by atomic mass is 10.3. The molecule has 3 rings (SSSR count). The van der Waals surface area contributed by atoms with Crippen molar-refractivity contribution in [3.05, 3.63) is 59.4 Å². The fourth-order valence-electron chi connectivity index (χ4n) is 2.08. The summed E-state index contributed by atoms with van der Waals surface area (Å²) in [5, 5.41) is 6.07. The van der Waals surface area contributed by atoms with Gasteiger partial charge < -0.3 is 10.1 Å². The molecule has 0 fully saturated rings. The molecule has 0 aliphatic carbocycles. The number of nitrogens with one attached hydrogen (secondary N) is 2. The Bertz CT molecular complexity index is 950. The third-order valence-corrected chi connectivity index (χ3v) is 3.37. The quantitative estimate of drug-likeness (QED) is 0.718. The van der Waals surface area contributed by atoms with Crippen LogP contribution in [0.1, 0.15) is 11.4 Å². The number of aryl methyl sites for hydroxylation is 2. The topological polar surface area (TPSA) is 102 Å². The molecule has 0 radical (unpaired) electrons. The molecule has 0 spiro atoms. The van der Waals surface area contributed by atoms with Crippen molar-refractivity contribution in [3.8, 4) is 5.88 Å². The lowest BCUT2D eigenvalue weighted by Crippen LogP contribution is -2.18. The molecule has 132 valence electrons. The summed E-state index contributed by atoms with van der Waals surface area (Å²) in [6.45, 7) is 3.57. The van der Waals surface area contributed by atoms with Gasteiger partial charge in [-0.15, -0.1) is 0 Å². The largest absolute Gasteiger partial charge is 0.418 e. The normalized spacial score (nSPS) is 10.3. The van der Waals surface area contributed by atoms with Gasteiger partial charge >= 0.3 is 6.09 Å². The van der Waals surface area contributed by atoms with E-state index in [2.05, 4.69) is 30.6 Å². The Balaban J connectivity index is 1.78. The molecule has 0 saturated carbocycles. The van der Waals surface area contributed by atoms with Gasteiger partial charge in [-0.1, -0.05) is 11.6 Å². The summed E-state index contributed by atoms with van der Waals surface area (Å²) in [6.07, 6.45) is 5.53. The molecule has 3 aromatic heterocycles. The summed E-state index contributed by atoms with van der Waals surface area (Å²) in [5.74, 6) is 0.300. The molecular formula is C17H15ClN6O2. The molecule has 0 bridgehead atoms. The molecule has 0 aliphatic heterocycles. The Morgan fingerprint density at radius 1 is 1.08 bits per heavy atom. The second kappa shape index (κ2) is 7.75. The van der Waals surface area contributed by atoms with Gasteiger partial charge in [0.25, 0.3) is 5.88 Å². The van der Waals surface area contributed by atoms with E-state index in [4.69, 9.17) is 16.3 Å². The molecular weight excluding hydrogens is 356 g/mol. The van der Waals surface area contributed by atoms with Crippen molar-refractivity contribution in [2.45, 2.75) is 13.8 Å². The van der Waals surface area contributed by atoms with Crippen molar-refractivity contribution in [3.63, 3.8) is 0 Å². The van der Waals surface area contributed by atoms with Crippen molar-refractivity contribution in [1.29, 1.82) is 0 Å². The van der Waals surface area contributed by atoms with Gasteiger partial charge in [-0.2, -0.15) is 0 Å². The van der Waals surface area contributed by atoms with E-state index >= 15 is 0 Å². The smallest absolute Gasteiger partial charge is 0.387 e. The molecule has 9 heteroatoms. The predicted molar refractivity (Wildman–Crippen MR) is 97.9 cm³/mol. The lowest BCUT2D eigenvalue weighted by molar-refractivity contribution is 0.213. The van der Waals surface area contributed by atoms with Crippen LogP contribution in [-0.2, 0) is 0 Å². The SMILES string of the molecule is Cc1cc(NC(=O)Oc2nc(C)cnc2Nc2cncc(Cl)c2)ccn1. The third kappa shape index (κ3) is 4.64. The molecule has 8 nitrogen and oxygen atoms in total. The van der Waals surface area contributed by atoms with Crippen LogP contribution in [0.15, 0.2) is 43.0 Å². The number of carbonyl (C=O) groups excluding carboxylic acids is 1. The van der Waals surface area contributed by atoms with Crippen LogP contribution in [-0.4, -0.2) is 26.0 Å². The number of ether oxygens (including phenoxy) is 1. The molecule has 0 unspecified atom stereocenters. The van der Waals surface area contributed by atoms with Crippen LogP contribution in [0, 0.1) is 13.8 Å². The highest BCUT2D eigenvalue weighted by Crippen LogP contribution is 2.25. The summed E-state index contributed by atoms with van der Waals surface area (Å²) in [6, 6.07) is 5.05. The number of nitrogens with zero attached hydrogens (tertiary/aromatic N) is 4. The first-order chi connectivity index (χ1) is 12.5. The number of aromatic nitrogens is 4. The van der Waals surface area contributed by atoms with E-state index in [1.54, 1.807) is 43.7 Å². The Labute approximate surface area is 154 Å². The first-order valence-corrected chi connectivity index (χ1v) is 8.00. The van der Waals surface area contributed by atoms with Gasteiger partial charge in [-0.05, 0) is 32.0 Å². The van der Waals surface area contributed by atoms with Crippen molar-refractivity contribution in [2.24, 2.45) is 0 Å². The maximum atomic E-state index is 12.2. The number of pyridine rings is 2. The molecule has 0 saturated heterocycles. The van der Waals surface area contributed by atoms with Crippen LogP contribution in [0.2, 0.25) is 5.02 Å². The summed E-state index contributed by atoms with van der Waals surface area (Å²) in [4.78, 5) is 28.7. The van der Waals surface area contributed by atoms with Crippen LogP contribution in [0.25, 0.3) is 0 Å². The number of hydrogen-bond donors (Lipinski definition) is 2. The first-order valence-electron chi connectivity index (χ1n) is 7.62. The summed E-state index contributed by atoms with van der Waals surface area (Å²) < 4.78 is 5.31. The first kappa shape index (κ1) is 17.6. The number of amides is 1. The molecule has 0 atom stereocenters. The van der Waals surface area contributed by atoms with Crippen molar-refractivity contribution >= 4 is 34.9 Å². The Morgan fingerprint density at radius 2 is 1.92 bits per heavy atom. The monoisotopic (exact) mass is 370 g/mol. The van der Waals surface area contributed by atoms with Crippen molar-refractivity contribution in [1.82, 2.24) is 19.9 Å². The minimum absolute atomic E-state index is 0.0354. The van der Waals surface area contributed by atoms with Crippen molar-refractivity contribution in [2.75, 3.05) is 10.6 Å². The van der Waals surface area contributed by atoms with Crippen LogP contribution in [0.5, 0.6) is 5.88 Å². The second-order valence-electron chi connectivity index (χ2n) is 5.38. The van der Waals surface area contributed by atoms with Crippen LogP contribution >= 0.6 is 11.6 Å². The minimum atomic E-state index is -0.692. The van der Waals surface area contributed by atoms with Gasteiger partial charge in [0.1, 0.15) is 0 Å². The predicted octanol–water partition coefficient (Wildman–Crippen LogP) is 3.89. The summed E-state index contributed by atoms with van der Waals surface area (Å²) in [7, 11) is 0. The van der Waals surface area contributed by atoms with Crippen LogP contribution < -0.4 is 15.4 Å². The van der Waals surface area contributed by atoms with Crippen LogP contribution in [0.3, 0.4) is 0 Å². The highest BCUT2D eigenvalue weighted by molar-refractivity contribution is 6.30. The molecule has 2 N–H and O–H groups in total. The van der Waals surface area contributed by atoms with E-state index in [-0.39, 0.29) is 11.7 Å². The molecule has 3 aromatic rings. The summed E-state index contributed by atoms with van der Waals surface area (Å²) in [5.41, 5.74) is 2.53. The van der Waals surface area contributed by atoms with Gasteiger partial charge in [0.05, 0.1) is 28.8 Å². The molecule has 26 heavy (non-hydrogen) atoms. The van der Waals surface area contributed by atoms with Crippen LogP contribution in [0.4, 0.5) is 22.0 Å². The zero-order valence-corrected chi connectivity index (χ0v) is 14.8. The van der Waals surface area contributed by atoms with Gasteiger partial charge in [-0.3, -0.25) is 15.3 Å². The number of hydrogen-bond acceptors (Lipinski definition) is 7. The number of carbonyl (C=O) groups is 1. The van der Waals surface area contributed by atoms with E-state index < -0.39 is 6.09 Å². The average molecular weight is 371 g/mol. The fourth-order valence-corrected chi connectivity index (χ4v) is 2.26. The van der Waals surface area contributed by atoms with Crippen molar-refractivity contribution < 1.29 is 9.53 Å². The zero-order valence-electron chi connectivity index (χ0n) is 14.0.